The van der Waals surface area contributed by atoms with E-state index in [0.717, 1.165) is 65.0 Å². The molecular formula is C17H37N5O2. The van der Waals surface area contributed by atoms with E-state index in [4.69, 9.17) is 9.47 Å². The van der Waals surface area contributed by atoms with Gasteiger partial charge >= 0.3 is 0 Å². The number of rotatable bonds is 10. The third-order valence-corrected chi connectivity index (χ3v) is 4.45. The predicted octanol–water partition coefficient (Wildman–Crippen LogP) is 0.0864. The van der Waals surface area contributed by atoms with Crippen LogP contribution in [-0.2, 0) is 9.47 Å². The van der Waals surface area contributed by atoms with Crippen LogP contribution in [0, 0.1) is 5.92 Å². The van der Waals surface area contributed by atoms with Crippen LogP contribution in [0.15, 0.2) is 4.99 Å². The average molecular weight is 344 g/mol. The van der Waals surface area contributed by atoms with E-state index in [-0.39, 0.29) is 0 Å². The van der Waals surface area contributed by atoms with Crippen LogP contribution in [0.25, 0.3) is 0 Å². The van der Waals surface area contributed by atoms with Gasteiger partial charge in [0.05, 0.1) is 19.8 Å². The molecule has 7 nitrogen and oxygen atoms in total. The largest absolute Gasteiger partial charge is 0.383 e. The lowest BCUT2D eigenvalue weighted by Crippen LogP contribution is -2.53. The van der Waals surface area contributed by atoms with E-state index < -0.39 is 0 Å². The number of nitrogens with zero attached hydrogens (tertiary/aromatic N) is 3. The quantitative estimate of drug-likeness (QED) is 0.433. The van der Waals surface area contributed by atoms with Crippen LogP contribution in [0.4, 0.5) is 0 Å². The highest BCUT2D eigenvalue weighted by atomic mass is 16.5. The number of hydrogen-bond donors (Lipinski definition) is 2. The lowest BCUT2D eigenvalue weighted by molar-refractivity contribution is 0.00752. The zero-order valence-corrected chi connectivity index (χ0v) is 16.2. The third-order valence-electron chi connectivity index (χ3n) is 4.45. The Labute approximate surface area is 147 Å². The molecule has 0 radical (unpaired) electrons. The molecule has 0 aromatic heterocycles. The van der Waals surface area contributed by atoms with Gasteiger partial charge < -0.3 is 25.0 Å². The molecule has 0 bridgehead atoms. The Bertz CT molecular complexity index is 346. The van der Waals surface area contributed by atoms with Gasteiger partial charge in [-0.05, 0) is 13.0 Å². The minimum Gasteiger partial charge on any atom is -0.383 e. The fourth-order valence-corrected chi connectivity index (χ4v) is 2.84. The van der Waals surface area contributed by atoms with Crippen molar-refractivity contribution in [3.05, 3.63) is 0 Å². The van der Waals surface area contributed by atoms with E-state index in [2.05, 4.69) is 46.3 Å². The molecule has 1 aliphatic rings. The minimum absolute atomic E-state index is 0.497. The second kappa shape index (κ2) is 12.5. The number of ether oxygens (including phenoxy) is 2. The first-order chi connectivity index (χ1) is 11.6. The lowest BCUT2D eigenvalue weighted by Gasteiger charge is -2.37. The van der Waals surface area contributed by atoms with Gasteiger partial charge in [-0.15, -0.1) is 0 Å². The number of methoxy groups -OCH3 is 1. The number of likely N-dealkylation sites (N-methyl/N-ethyl adjacent to an activating group) is 1. The van der Waals surface area contributed by atoms with Gasteiger partial charge in [0.2, 0.25) is 0 Å². The molecule has 1 heterocycles. The summed E-state index contributed by atoms with van der Waals surface area (Å²) in [6.07, 6.45) is 0. The van der Waals surface area contributed by atoms with Gasteiger partial charge in [-0.3, -0.25) is 9.89 Å². The molecule has 1 atom stereocenters. The summed E-state index contributed by atoms with van der Waals surface area (Å²) in [5, 5.41) is 6.87. The van der Waals surface area contributed by atoms with Crippen molar-refractivity contribution < 1.29 is 9.47 Å². The molecule has 1 aliphatic heterocycles. The first kappa shape index (κ1) is 21.2. The normalized spacial score (nSPS) is 18.2. The van der Waals surface area contributed by atoms with Crippen LogP contribution in [0.1, 0.15) is 13.8 Å². The van der Waals surface area contributed by atoms with Crippen molar-refractivity contribution in [2.45, 2.75) is 19.9 Å². The first-order valence-electron chi connectivity index (χ1n) is 9.02. The molecule has 0 aromatic rings. The van der Waals surface area contributed by atoms with Crippen LogP contribution in [0.3, 0.4) is 0 Å². The Morgan fingerprint density at radius 1 is 1.25 bits per heavy atom. The summed E-state index contributed by atoms with van der Waals surface area (Å²) in [5.41, 5.74) is 0. The monoisotopic (exact) mass is 343 g/mol. The van der Waals surface area contributed by atoms with Gasteiger partial charge in [0.25, 0.3) is 0 Å². The van der Waals surface area contributed by atoms with E-state index in [1.165, 1.54) is 0 Å². The van der Waals surface area contributed by atoms with Crippen molar-refractivity contribution in [1.82, 2.24) is 20.4 Å². The standard InChI is InChI=1S/C17H37N5O2/c1-15(2)16(22-9-12-24-13-10-22)14-20-17(18-3)19-6-7-21(4)8-11-23-5/h15-16H,6-14H2,1-5H3,(H2,18,19,20). The smallest absolute Gasteiger partial charge is 0.191 e. The Morgan fingerprint density at radius 2 is 1.96 bits per heavy atom. The zero-order valence-electron chi connectivity index (χ0n) is 16.2. The van der Waals surface area contributed by atoms with Crippen LogP contribution in [-0.4, -0.2) is 102 Å². The molecule has 1 rings (SSSR count). The van der Waals surface area contributed by atoms with Crippen LogP contribution >= 0.6 is 0 Å². The van der Waals surface area contributed by atoms with Gasteiger partial charge in [0.15, 0.2) is 5.96 Å². The van der Waals surface area contributed by atoms with Gasteiger partial charge in [-0.1, -0.05) is 13.8 Å². The molecule has 0 aliphatic carbocycles. The summed E-state index contributed by atoms with van der Waals surface area (Å²) in [4.78, 5) is 9.10. The highest BCUT2D eigenvalue weighted by Gasteiger charge is 2.23. The van der Waals surface area contributed by atoms with E-state index in [1.807, 2.05) is 7.05 Å². The number of morpholine rings is 1. The number of aliphatic imine (C=N–C) groups is 1. The molecule has 0 aromatic carbocycles. The molecule has 1 unspecified atom stereocenters. The summed E-state index contributed by atoms with van der Waals surface area (Å²) < 4.78 is 10.6. The van der Waals surface area contributed by atoms with Crippen LogP contribution in [0.5, 0.6) is 0 Å². The van der Waals surface area contributed by atoms with Gasteiger partial charge in [-0.2, -0.15) is 0 Å². The second-order valence-electron chi connectivity index (χ2n) is 6.64. The van der Waals surface area contributed by atoms with E-state index >= 15 is 0 Å². The van der Waals surface area contributed by atoms with E-state index in [1.54, 1.807) is 7.11 Å². The van der Waals surface area contributed by atoms with Gasteiger partial charge in [0.1, 0.15) is 0 Å². The summed E-state index contributed by atoms with van der Waals surface area (Å²) in [5.74, 6) is 1.46. The molecule has 0 spiro atoms. The highest BCUT2D eigenvalue weighted by Crippen LogP contribution is 2.12. The average Bonchev–Trinajstić information content (AvgIpc) is 2.59. The maximum atomic E-state index is 5.47. The van der Waals surface area contributed by atoms with Gasteiger partial charge in [-0.25, -0.2) is 0 Å². The predicted molar refractivity (Wildman–Crippen MR) is 99.8 cm³/mol. The summed E-state index contributed by atoms with van der Waals surface area (Å²) >= 11 is 0. The minimum atomic E-state index is 0.497. The maximum absolute atomic E-state index is 5.47. The molecule has 24 heavy (non-hydrogen) atoms. The van der Waals surface area contributed by atoms with Crippen molar-refractivity contribution >= 4 is 5.96 Å². The molecule has 2 N–H and O–H groups in total. The topological polar surface area (TPSA) is 61.4 Å². The van der Waals surface area contributed by atoms with E-state index in [0.29, 0.717) is 12.0 Å². The van der Waals surface area contributed by atoms with Crippen molar-refractivity contribution in [2.24, 2.45) is 10.9 Å². The Kier molecular flexibility index (Phi) is 11.0. The summed E-state index contributed by atoms with van der Waals surface area (Å²) in [7, 11) is 5.66. The van der Waals surface area contributed by atoms with Crippen LogP contribution in [0.2, 0.25) is 0 Å². The van der Waals surface area contributed by atoms with Crippen LogP contribution < -0.4 is 10.6 Å². The molecular weight excluding hydrogens is 306 g/mol. The maximum Gasteiger partial charge on any atom is 0.191 e. The van der Waals surface area contributed by atoms with E-state index in [9.17, 15) is 0 Å². The highest BCUT2D eigenvalue weighted by molar-refractivity contribution is 5.79. The molecule has 0 saturated carbocycles. The fourth-order valence-electron chi connectivity index (χ4n) is 2.84. The molecule has 1 fully saturated rings. The van der Waals surface area contributed by atoms with Crippen molar-refractivity contribution in [2.75, 3.05) is 80.3 Å². The Balaban J connectivity index is 2.32. The summed E-state index contributed by atoms with van der Waals surface area (Å²) in [6, 6.07) is 0.497. The SMILES string of the molecule is CN=C(NCCN(C)CCOC)NCC(C(C)C)N1CCOCC1. The molecule has 142 valence electrons. The third kappa shape index (κ3) is 8.28. The van der Waals surface area contributed by atoms with Crippen molar-refractivity contribution in [3.8, 4) is 0 Å². The molecule has 1 saturated heterocycles. The van der Waals surface area contributed by atoms with Gasteiger partial charge in [0, 0.05) is 59.5 Å². The zero-order chi connectivity index (χ0) is 17.8. The second-order valence-corrected chi connectivity index (χ2v) is 6.64. The summed E-state index contributed by atoms with van der Waals surface area (Å²) in [6.45, 7) is 12.7. The fraction of sp³-hybridized carbons (Fsp3) is 0.941. The van der Waals surface area contributed by atoms with Crippen molar-refractivity contribution in [3.63, 3.8) is 0 Å². The Morgan fingerprint density at radius 3 is 2.54 bits per heavy atom. The molecule has 7 heteroatoms. The lowest BCUT2D eigenvalue weighted by atomic mass is 10.0. The number of nitrogens with one attached hydrogen (secondary N) is 2. The number of hydrogen-bond acceptors (Lipinski definition) is 5. The number of guanidine groups is 1. The first-order valence-corrected chi connectivity index (χ1v) is 9.02. The van der Waals surface area contributed by atoms with Crippen molar-refractivity contribution in [1.29, 1.82) is 0 Å². The Hall–Kier alpha value is -0.890. The molecule has 0 amide bonds.